The van der Waals surface area contributed by atoms with Crippen LogP contribution < -0.4 is 4.90 Å². The highest BCUT2D eigenvalue weighted by Gasteiger charge is 2.31. The first-order valence-corrected chi connectivity index (χ1v) is 6.92. The molecule has 1 aliphatic heterocycles. The molecule has 0 fully saturated rings. The van der Waals surface area contributed by atoms with Crippen molar-refractivity contribution >= 4 is 24.2 Å². The highest BCUT2D eigenvalue weighted by Crippen LogP contribution is 2.33. The van der Waals surface area contributed by atoms with Crippen molar-refractivity contribution in [1.29, 1.82) is 0 Å². The summed E-state index contributed by atoms with van der Waals surface area (Å²) in [6.07, 6.45) is 0.844. The summed E-state index contributed by atoms with van der Waals surface area (Å²) in [5.74, 6) is -0.530. The molecule has 0 N–H and O–H groups in total. The summed E-state index contributed by atoms with van der Waals surface area (Å²) in [5.41, 5.74) is 2.57. The van der Waals surface area contributed by atoms with Crippen LogP contribution in [0.1, 0.15) is 22.8 Å². The second-order valence-electron chi connectivity index (χ2n) is 5.02. The number of nitrogens with zero attached hydrogens (tertiary/aromatic N) is 1. The Hall–Kier alpha value is -1.81. The van der Waals surface area contributed by atoms with Crippen molar-refractivity contribution in [3.8, 4) is 0 Å². The van der Waals surface area contributed by atoms with Gasteiger partial charge < -0.3 is 4.90 Å². The maximum absolute atomic E-state index is 13.3. The zero-order chi connectivity index (χ0) is 14.3. The molecule has 0 aromatic heterocycles. The van der Waals surface area contributed by atoms with Crippen LogP contribution in [0.5, 0.6) is 0 Å². The molecule has 0 saturated carbocycles. The Morgan fingerprint density at radius 3 is 2.80 bits per heavy atom. The molecule has 102 valence electrons. The molecular formula is C16H14FNOS. The third-order valence-corrected chi connectivity index (χ3v) is 3.96. The van der Waals surface area contributed by atoms with Gasteiger partial charge in [-0.05, 0) is 43.2 Å². The zero-order valence-corrected chi connectivity index (χ0v) is 11.9. The first kappa shape index (κ1) is 13.2. The van der Waals surface area contributed by atoms with Crippen molar-refractivity contribution in [2.24, 2.45) is 0 Å². The zero-order valence-electron chi connectivity index (χ0n) is 11.0. The van der Waals surface area contributed by atoms with Crippen LogP contribution in [0.4, 0.5) is 10.1 Å². The molecule has 3 rings (SSSR count). The minimum Gasteiger partial charge on any atom is -0.305 e. The van der Waals surface area contributed by atoms with Crippen LogP contribution in [-0.4, -0.2) is 11.9 Å². The van der Waals surface area contributed by atoms with E-state index in [1.165, 1.54) is 23.8 Å². The number of carbonyl (C=O) groups excluding carboxylic acids is 1. The average molecular weight is 287 g/mol. The number of thiol groups is 1. The first-order chi connectivity index (χ1) is 9.58. The molecule has 2 nitrogen and oxygen atoms in total. The van der Waals surface area contributed by atoms with E-state index >= 15 is 0 Å². The number of halogens is 1. The number of hydrogen-bond donors (Lipinski definition) is 1. The van der Waals surface area contributed by atoms with Crippen LogP contribution in [0.25, 0.3) is 0 Å². The third-order valence-electron chi connectivity index (χ3n) is 3.62. The molecular weight excluding hydrogens is 273 g/mol. The Labute approximate surface area is 122 Å². The van der Waals surface area contributed by atoms with Gasteiger partial charge in [0.2, 0.25) is 0 Å². The fourth-order valence-electron chi connectivity index (χ4n) is 2.66. The van der Waals surface area contributed by atoms with Crippen molar-refractivity contribution < 1.29 is 9.18 Å². The van der Waals surface area contributed by atoms with E-state index in [2.05, 4.69) is 12.6 Å². The van der Waals surface area contributed by atoms with E-state index < -0.39 is 5.82 Å². The second-order valence-corrected chi connectivity index (χ2v) is 5.51. The van der Waals surface area contributed by atoms with Crippen LogP contribution in [0.3, 0.4) is 0 Å². The number of fused-ring (bicyclic) bond motifs is 1. The van der Waals surface area contributed by atoms with E-state index in [1.807, 2.05) is 31.2 Å². The Morgan fingerprint density at radius 1 is 1.30 bits per heavy atom. The molecule has 1 atom stereocenters. The lowest BCUT2D eigenvalue weighted by Crippen LogP contribution is -2.35. The smallest absolute Gasteiger partial charge is 0.258 e. The van der Waals surface area contributed by atoms with Gasteiger partial charge in [-0.1, -0.05) is 18.2 Å². The number of para-hydroxylation sites is 1. The summed E-state index contributed by atoms with van der Waals surface area (Å²) < 4.78 is 13.3. The van der Waals surface area contributed by atoms with Gasteiger partial charge in [0.15, 0.2) is 0 Å². The number of hydrogen-bond acceptors (Lipinski definition) is 2. The number of carbonyl (C=O) groups is 1. The first-order valence-electron chi connectivity index (χ1n) is 6.48. The van der Waals surface area contributed by atoms with Crippen molar-refractivity contribution in [3.05, 3.63) is 59.4 Å². The van der Waals surface area contributed by atoms with Gasteiger partial charge >= 0.3 is 0 Å². The Kier molecular flexibility index (Phi) is 3.26. The maximum atomic E-state index is 13.3. The SMILES string of the molecule is CC1Cc2ccccc2N1C(=O)c1ccc(F)c(S)c1. The lowest BCUT2D eigenvalue weighted by molar-refractivity contribution is 0.0981. The molecule has 1 aliphatic rings. The average Bonchev–Trinajstić information content (AvgIpc) is 2.77. The summed E-state index contributed by atoms with van der Waals surface area (Å²) in [7, 11) is 0. The van der Waals surface area contributed by atoms with Crippen LogP contribution in [0.15, 0.2) is 47.4 Å². The van der Waals surface area contributed by atoms with Crippen molar-refractivity contribution in [2.75, 3.05) is 4.90 Å². The highest BCUT2D eigenvalue weighted by molar-refractivity contribution is 7.80. The van der Waals surface area contributed by atoms with Crippen LogP contribution in [0.2, 0.25) is 0 Å². The van der Waals surface area contributed by atoms with Crippen molar-refractivity contribution in [2.45, 2.75) is 24.3 Å². The largest absolute Gasteiger partial charge is 0.305 e. The Balaban J connectivity index is 2.00. The quantitative estimate of drug-likeness (QED) is 0.793. The van der Waals surface area contributed by atoms with E-state index in [-0.39, 0.29) is 16.8 Å². The standard InChI is InChI=1S/C16H14FNOS/c1-10-8-11-4-2-3-5-14(11)18(10)16(19)12-6-7-13(17)15(20)9-12/h2-7,9-10,20H,8H2,1H3. The van der Waals surface area contributed by atoms with Gasteiger partial charge in [-0.2, -0.15) is 0 Å². The fraction of sp³-hybridized carbons (Fsp3) is 0.188. The maximum Gasteiger partial charge on any atom is 0.258 e. The molecule has 0 bridgehead atoms. The van der Waals surface area contributed by atoms with Crippen LogP contribution in [-0.2, 0) is 6.42 Å². The topological polar surface area (TPSA) is 20.3 Å². The number of rotatable bonds is 1. The van der Waals surface area contributed by atoms with Crippen LogP contribution >= 0.6 is 12.6 Å². The predicted octanol–water partition coefficient (Wildman–Crippen LogP) is 3.71. The minimum atomic E-state index is -0.417. The summed E-state index contributed by atoms with van der Waals surface area (Å²) in [6, 6.07) is 12.3. The van der Waals surface area contributed by atoms with Gasteiger partial charge in [-0.15, -0.1) is 12.6 Å². The molecule has 2 aromatic rings. The van der Waals surface area contributed by atoms with Gasteiger partial charge in [0.25, 0.3) is 5.91 Å². The molecule has 0 saturated heterocycles. The molecule has 0 radical (unpaired) electrons. The molecule has 1 heterocycles. The van der Waals surface area contributed by atoms with Gasteiger partial charge in [-0.25, -0.2) is 4.39 Å². The second kappa shape index (κ2) is 4.94. The minimum absolute atomic E-state index is 0.105. The summed E-state index contributed by atoms with van der Waals surface area (Å²) >= 11 is 4.04. The molecule has 0 aliphatic carbocycles. The molecule has 4 heteroatoms. The monoisotopic (exact) mass is 287 g/mol. The normalized spacial score (nSPS) is 17.1. The molecule has 2 aromatic carbocycles. The number of benzene rings is 2. The molecule has 1 amide bonds. The van der Waals surface area contributed by atoms with Gasteiger partial charge in [0.05, 0.1) is 0 Å². The molecule has 20 heavy (non-hydrogen) atoms. The summed E-state index contributed by atoms with van der Waals surface area (Å²) in [4.78, 5) is 14.6. The van der Waals surface area contributed by atoms with E-state index in [1.54, 1.807) is 4.90 Å². The van der Waals surface area contributed by atoms with E-state index in [4.69, 9.17) is 0 Å². The number of amides is 1. The van der Waals surface area contributed by atoms with Crippen molar-refractivity contribution in [3.63, 3.8) is 0 Å². The predicted molar refractivity (Wildman–Crippen MR) is 80.1 cm³/mol. The lowest BCUT2D eigenvalue weighted by Gasteiger charge is -2.23. The highest BCUT2D eigenvalue weighted by atomic mass is 32.1. The van der Waals surface area contributed by atoms with Gasteiger partial charge in [-0.3, -0.25) is 4.79 Å². The third kappa shape index (κ3) is 2.10. The fourth-order valence-corrected chi connectivity index (χ4v) is 2.87. The summed E-state index contributed by atoms with van der Waals surface area (Å²) in [5, 5.41) is 0. The number of anilines is 1. The van der Waals surface area contributed by atoms with Crippen molar-refractivity contribution in [1.82, 2.24) is 0 Å². The van der Waals surface area contributed by atoms with E-state index in [0.29, 0.717) is 5.56 Å². The van der Waals surface area contributed by atoms with Gasteiger partial charge in [0, 0.05) is 22.2 Å². The summed E-state index contributed by atoms with van der Waals surface area (Å²) in [6.45, 7) is 2.02. The Bertz CT molecular complexity index is 686. The lowest BCUT2D eigenvalue weighted by atomic mass is 10.1. The van der Waals surface area contributed by atoms with E-state index in [0.717, 1.165) is 12.1 Å². The van der Waals surface area contributed by atoms with Gasteiger partial charge in [0.1, 0.15) is 5.82 Å². The van der Waals surface area contributed by atoms with E-state index in [9.17, 15) is 9.18 Å². The Morgan fingerprint density at radius 2 is 2.05 bits per heavy atom. The molecule has 1 unspecified atom stereocenters. The molecule has 0 spiro atoms. The van der Waals surface area contributed by atoms with Crippen LogP contribution in [0, 0.1) is 5.82 Å².